The number of amides is 2. The summed E-state index contributed by atoms with van der Waals surface area (Å²) in [6.45, 7) is 6.99. The molecule has 5 nitrogen and oxygen atoms in total. The van der Waals surface area contributed by atoms with Crippen molar-refractivity contribution >= 4 is 23.4 Å². The third-order valence-electron chi connectivity index (χ3n) is 5.90. The van der Waals surface area contributed by atoms with Crippen molar-refractivity contribution in [2.75, 3.05) is 32.7 Å². The van der Waals surface area contributed by atoms with E-state index in [1.807, 2.05) is 23.6 Å². The maximum absolute atomic E-state index is 13.3. The Morgan fingerprint density at radius 2 is 1.79 bits per heavy atom. The van der Waals surface area contributed by atoms with E-state index in [1.54, 1.807) is 6.07 Å². The van der Waals surface area contributed by atoms with E-state index in [-0.39, 0.29) is 30.1 Å². The van der Waals surface area contributed by atoms with Gasteiger partial charge in [-0.2, -0.15) is 0 Å². The minimum atomic E-state index is -0.565. The van der Waals surface area contributed by atoms with E-state index in [0.717, 1.165) is 44.3 Å². The Balaban J connectivity index is 1.49. The van der Waals surface area contributed by atoms with Crippen LogP contribution < -0.4 is 5.32 Å². The van der Waals surface area contributed by atoms with Gasteiger partial charge in [0.1, 0.15) is 5.82 Å². The summed E-state index contributed by atoms with van der Waals surface area (Å²) in [7, 11) is 0. The number of carbonyl (C=O) groups excluding carboxylic acids is 2. The maximum Gasteiger partial charge on any atom is 0.236 e. The molecule has 0 atom stereocenters. The molecule has 0 radical (unpaired) electrons. The highest BCUT2D eigenvalue weighted by molar-refractivity contribution is 6.31. The number of carbonyl (C=O) groups is 2. The van der Waals surface area contributed by atoms with Crippen LogP contribution in [0.15, 0.2) is 18.2 Å². The minimum absolute atomic E-state index is 0.0124. The summed E-state index contributed by atoms with van der Waals surface area (Å²) in [5.41, 5.74) is 0.183. The normalized spacial score (nSPS) is 18.6. The standard InChI is InChI=1S/C21H29ClFN3O2/c1-21(2,17-6-5-16(23)13-18(17)22)24-14-19(27)25-11-7-15(8-12-25)20(28)26-9-3-4-10-26/h5-6,13,15,24H,3-4,7-12,14H2,1-2H3. The lowest BCUT2D eigenvalue weighted by Gasteiger charge is -2.34. The van der Waals surface area contributed by atoms with Crippen molar-refractivity contribution < 1.29 is 14.0 Å². The molecule has 2 amide bonds. The van der Waals surface area contributed by atoms with Gasteiger partial charge in [-0.05, 0) is 57.2 Å². The van der Waals surface area contributed by atoms with E-state index in [1.165, 1.54) is 12.1 Å². The molecule has 7 heteroatoms. The molecule has 0 unspecified atom stereocenters. The Bertz CT molecular complexity index is 726. The number of rotatable bonds is 5. The highest BCUT2D eigenvalue weighted by Crippen LogP contribution is 2.28. The van der Waals surface area contributed by atoms with Crippen molar-refractivity contribution in [2.24, 2.45) is 5.92 Å². The molecule has 0 saturated carbocycles. The second kappa shape index (κ2) is 8.78. The van der Waals surface area contributed by atoms with E-state index in [2.05, 4.69) is 5.32 Å². The van der Waals surface area contributed by atoms with Crippen LogP contribution in [0.2, 0.25) is 5.02 Å². The molecule has 2 aliphatic heterocycles. The van der Waals surface area contributed by atoms with E-state index < -0.39 is 5.54 Å². The van der Waals surface area contributed by atoms with Gasteiger partial charge in [0.15, 0.2) is 0 Å². The molecule has 1 aromatic rings. The Morgan fingerprint density at radius 1 is 1.14 bits per heavy atom. The lowest BCUT2D eigenvalue weighted by Crippen LogP contribution is -2.48. The molecule has 3 rings (SSSR count). The van der Waals surface area contributed by atoms with Gasteiger partial charge in [-0.15, -0.1) is 0 Å². The topological polar surface area (TPSA) is 52.7 Å². The van der Waals surface area contributed by atoms with Crippen LogP contribution in [0.1, 0.15) is 45.1 Å². The summed E-state index contributed by atoms with van der Waals surface area (Å²) < 4.78 is 13.3. The van der Waals surface area contributed by atoms with Gasteiger partial charge in [0.2, 0.25) is 11.8 Å². The summed E-state index contributed by atoms with van der Waals surface area (Å²) in [6, 6.07) is 4.30. The lowest BCUT2D eigenvalue weighted by molar-refractivity contribution is -0.139. The smallest absolute Gasteiger partial charge is 0.236 e. The molecule has 0 aliphatic carbocycles. The lowest BCUT2D eigenvalue weighted by atomic mass is 9.93. The van der Waals surface area contributed by atoms with Gasteiger partial charge in [0.05, 0.1) is 6.54 Å². The van der Waals surface area contributed by atoms with Crippen LogP contribution in [0.4, 0.5) is 4.39 Å². The third kappa shape index (κ3) is 4.84. The predicted octanol–water partition coefficient (Wildman–Crippen LogP) is 3.16. The average molecular weight is 410 g/mol. The second-order valence-corrected chi connectivity index (χ2v) is 8.70. The number of hydrogen-bond acceptors (Lipinski definition) is 3. The first-order valence-corrected chi connectivity index (χ1v) is 10.4. The van der Waals surface area contributed by atoms with Crippen molar-refractivity contribution in [1.29, 1.82) is 0 Å². The fraction of sp³-hybridized carbons (Fsp3) is 0.619. The molecular weight excluding hydrogens is 381 g/mol. The number of benzene rings is 1. The van der Waals surface area contributed by atoms with Crippen LogP contribution >= 0.6 is 11.6 Å². The summed E-state index contributed by atoms with van der Waals surface area (Å²) >= 11 is 6.17. The van der Waals surface area contributed by atoms with Gasteiger partial charge in [-0.3, -0.25) is 14.9 Å². The first kappa shape index (κ1) is 21.1. The van der Waals surface area contributed by atoms with E-state index >= 15 is 0 Å². The van der Waals surface area contributed by atoms with Gasteiger partial charge in [-0.25, -0.2) is 4.39 Å². The number of piperidine rings is 1. The monoisotopic (exact) mass is 409 g/mol. The Hall–Kier alpha value is -1.66. The SMILES string of the molecule is CC(C)(NCC(=O)N1CCC(C(=O)N2CCCC2)CC1)c1ccc(F)cc1Cl. The predicted molar refractivity (Wildman–Crippen MR) is 108 cm³/mol. The fourth-order valence-electron chi connectivity index (χ4n) is 4.07. The van der Waals surface area contributed by atoms with Crippen LogP contribution in [-0.2, 0) is 15.1 Å². The zero-order valence-corrected chi connectivity index (χ0v) is 17.4. The van der Waals surface area contributed by atoms with Crippen molar-refractivity contribution in [3.63, 3.8) is 0 Å². The second-order valence-electron chi connectivity index (χ2n) is 8.29. The Morgan fingerprint density at radius 3 is 2.39 bits per heavy atom. The Labute approximate surface area is 171 Å². The fourth-order valence-corrected chi connectivity index (χ4v) is 4.47. The molecule has 28 heavy (non-hydrogen) atoms. The minimum Gasteiger partial charge on any atom is -0.342 e. The molecule has 154 valence electrons. The van der Waals surface area contributed by atoms with Crippen molar-refractivity contribution in [2.45, 2.75) is 45.1 Å². The van der Waals surface area contributed by atoms with Gasteiger partial charge in [-0.1, -0.05) is 17.7 Å². The number of nitrogens with one attached hydrogen (secondary N) is 1. The van der Waals surface area contributed by atoms with Crippen LogP contribution in [0.25, 0.3) is 0 Å². The molecule has 0 spiro atoms. The quantitative estimate of drug-likeness (QED) is 0.812. The number of halogens is 2. The van der Waals surface area contributed by atoms with Gasteiger partial charge >= 0.3 is 0 Å². The van der Waals surface area contributed by atoms with Crippen molar-refractivity contribution in [3.05, 3.63) is 34.6 Å². The van der Waals surface area contributed by atoms with Crippen LogP contribution in [-0.4, -0.2) is 54.3 Å². The highest BCUT2D eigenvalue weighted by atomic mass is 35.5. The molecular formula is C21H29ClFN3O2. The molecule has 2 saturated heterocycles. The Kier molecular flexibility index (Phi) is 6.61. The number of likely N-dealkylation sites (tertiary alicyclic amines) is 2. The van der Waals surface area contributed by atoms with Crippen molar-refractivity contribution in [3.8, 4) is 0 Å². The summed E-state index contributed by atoms with van der Waals surface area (Å²) in [6.07, 6.45) is 3.66. The van der Waals surface area contributed by atoms with Crippen LogP contribution in [0.3, 0.4) is 0 Å². The molecule has 1 aromatic carbocycles. The van der Waals surface area contributed by atoms with E-state index in [4.69, 9.17) is 11.6 Å². The molecule has 1 N–H and O–H groups in total. The van der Waals surface area contributed by atoms with Crippen LogP contribution in [0, 0.1) is 11.7 Å². The molecule has 0 aromatic heterocycles. The number of hydrogen-bond donors (Lipinski definition) is 1. The van der Waals surface area contributed by atoms with Gasteiger partial charge < -0.3 is 9.80 Å². The van der Waals surface area contributed by atoms with E-state index in [0.29, 0.717) is 18.1 Å². The van der Waals surface area contributed by atoms with Gasteiger partial charge in [0, 0.05) is 42.7 Å². The summed E-state index contributed by atoms with van der Waals surface area (Å²) in [4.78, 5) is 28.9. The zero-order chi connectivity index (χ0) is 20.3. The summed E-state index contributed by atoms with van der Waals surface area (Å²) in [5, 5.41) is 3.58. The molecule has 2 fully saturated rings. The van der Waals surface area contributed by atoms with E-state index in [9.17, 15) is 14.0 Å². The molecule has 2 aliphatic rings. The highest BCUT2D eigenvalue weighted by Gasteiger charge is 2.32. The largest absolute Gasteiger partial charge is 0.342 e. The average Bonchev–Trinajstić information content (AvgIpc) is 3.20. The number of nitrogens with zero attached hydrogens (tertiary/aromatic N) is 2. The summed E-state index contributed by atoms with van der Waals surface area (Å²) in [5.74, 6) is -0.0651. The van der Waals surface area contributed by atoms with Crippen molar-refractivity contribution in [1.82, 2.24) is 15.1 Å². The first-order valence-electron chi connectivity index (χ1n) is 10.0. The maximum atomic E-state index is 13.3. The first-order chi connectivity index (χ1) is 13.3. The molecule has 0 bridgehead atoms. The van der Waals surface area contributed by atoms with Crippen LogP contribution in [0.5, 0.6) is 0 Å². The molecule has 2 heterocycles. The van der Waals surface area contributed by atoms with Gasteiger partial charge in [0.25, 0.3) is 0 Å². The third-order valence-corrected chi connectivity index (χ3v) is 6.21. The zero-order valence-electron chi connectivity index (χ0n) is 16.6.